The smallest absolute Gasteiger partial charge is 0.225 e. The third-order valence-corrected chi connectivity index (χ3v) is 5.62. The normalized spacial score (nSPS) is 19.4. The van der Waals surface area contributed by atoms with Gasteiger partial charge >= 0.3 is 0 Å². The van der Waals surface area contributed by atoms with E-state index >= 15 is 0 Å². The van der Waals surface area contributed by atoms with Crippen LogP contribution in [0.3, 0.4) is 0 Å². The number of amides is 2. The second kappa shape index (κ2) is 9.06. The summed E-state index contributed by atoms with van der Waals surface area (Å²) in [4.78, 5) is 28.9. The molecule has 2 aliphatic rings. The number of benzene rings is 1. The number of ether oxygens (including phenoxy) is 1. The maximum Gasteiger partial charge on any atom is 0.225 e. The molecule has 2 saturated heterocycles. The Balaban J connectivity index is 1.37. The van der Waals surface area contributed by atoms with Gasteiger partial charge in [-0.1, -0.05) is 25.1 Å². The molecule has 2 fully saturated rings. The Morgan fingerprint density at radius 3 is 2.23 bits per heavy atom. The van der Waals surface area contributed by atoms with Crippen LogP contribution in [-0.4, -0.2) is 54.4 Å². The number of hydrogen-bond donors (Lipinski definition) is 0. The third-order valence-electron chi connectivity index (χ3n) is 5.62. The minimum Gasteiger partial charge on any atom is -0.493 e. The van der Waals surface area contributed by atoms with E-state index in [1.807, 2.05) is 40.1 Å². The number of likely N-dealkylation sites (tertiary alicyclic amines) is 2. The molecule has 5 nitrogen and oxygen atoms in total. The zero-order valence-corrected chi connectivity index (χ0v) is 15.7. The average Bonchev–Trinajstić information content (AvgIpc) is 2.69. The average molecular weight is 358 g/mol. The van der Waals surface area contributed by atoms with E-state index in [9.17, 15) is 9.59 Å². The lowest BCUT2D eigenvalue weighted by Gasteiger charge is -2.36. The van der Waals surface area contributed by atoms with Gasteiger partial charge in [0.15, 0.2) is 0 Å². The van der Waals surface area contributed by atoms with Crippen LogP contribution in [0.5, 0.6) is 5.75 Å². The zero-order chi connectivity index (χ0) is 18.4. The highest BCUT2D eigenvalue weighted by molar-refractivity contribution is 5.80. The number of carbonyl (C=O) groups is 2. The minimum absolute atomic E-state index is 0.0908. The summed E-state index contributed by atoms with van der Waals surface area (Å²) in [5, 5.41) is 0. The number of hydrogen-bond acceptors (Lipinski definition) is 3. The third kappa shape index (κ3) is 4.99. The lowest BCUT2D eigenvalue weighted by molar-refractivity contribution is -0.141. The molecule has 0 bridgehead atoms. The predicted octanol–water partition coefficient (Wildman–Crippen LogP) is 2.95. The van der Waals surface area contributed by atoms with Crippen molar-refractivity contribution in [3.05, 3.63) is 30.3 Å². The summed E-state index contributed by atoms with van der Waals surface area (Å²) in [6.45, 7) is 5.82. The molecule has 0 saturated carbocycles. The van der Waals surface area contributed by atoms with E-state index in [-0.39, 0.29) is 11.8 Å². The van der Waals surface area contributed by atoms with Crippen LogP contribution in [0.1, 0.15) is 39.0 Å². The lowest BCUT2D eigenvalue weighted by Crippen LogP contribution is -2.46. The van der Waals surface area contributed by atoms with Crippen molar-refractivity contribution in [2.24, 2.45) is 11.8 Å². The highest BCUT2D eigenvalue weighted by Crippen LogP contribution is 2.24. The molecule has 1 aromatic carbocycles. The number of piperidine rings is 2. The van der Waals surface area contributed by atoms with Gasteiger partial charge in [-0.3, -0.25) is 9.59 Å². The number of nitrogens with zero attached hydrogens (tertiary/aromatic N) is 2. The van der Waals surface area contributed by atoms with Crippen LogP contribution in [0.2, 0.25) is 0 Å². The molecule has 0 atom stereocenters. The number of para-hydroxylation sites is 1. The van der Waals surface area contributed by atoms with E-state index in [4.69, 9.17) is 4.74 Å². The van der Waals surface area contributed by atoms with Gasteiger partial charge in [0, 0.05) is 32.1 Å². The zero-order valence-electron chi connectivity index (χ0n) is 15.7. The fraction of sp³-hybridized carbons (Fsp3) is 0.619. The monoisotopic (exact) mass is 358 g/mol. The van der Waals surface area contributed by atoms with Crippen molar-refractivity contribution in [1.82, 2.24) is 9.80 Å². The largest absolute Gasteiger partial charge is 0.493 e. The van der Waals surface area contributed by atoms with Gasteiger partial charge in [0.2, 0.25) is 11.8 Å². The Hall–Kier alpha value is -2.04. The standard InChI is InChI=1S/C21H30N2O3/c1-17-7-12-23(13-8-17)21(25)18-9-14-22(15-10-18)20(24)11-16-26-19-5-3-2-4-6-19/h2-6,17-18H,7-16H2,1H3. The van der Waals surface area contributed by atoms with E-state index < -0.39 is 0 Å². The SMILES string of the molecule is CC1CCN(C(=O)C2CCN(C(=O)CCOc3ccccc3)CC2)CC1. The van der Waals surface area contributed by atoms with Gasteiger partial charge in [-0.2, -0.15) is 0 Å². The van der Waals surface area contributed by atoms with Crippen molar-refractivity contribution >= 4 is 11.8 Å². The molecule has 0 radical (unpaired) electrons. The molecule has 26 heavy (non-hydrogen) atoms. The van der Waals surface area contributed by atoms with E-state index in [1.165, 1.54) is 0 Å². The van der Waals surface area contributed by atoms with Crippen LogP contribution in [0.4, 0.5) is 0 Å². The molecule has 0 aromatic heterocycles. The summed E-state index contributed by atoms with van der Waals surface area (Å²) in [6, 6.07) is 9.56. The summed E-state index contributed by atoms with van der Waals surface area (Å²) < 4.78 is 5.61. The first-order chi connectivity index (χ1) is 12.6. The minimum atomic E-state index is 0.0908. The first-order valence-corrected chi connectivity index (χ1v) is 9.88. The molecule has 0 unspecified atom stereocenters. The molecular formula is C21H30N2O3. The first-order valence-electron chi connectivity index (χ1n) is 9.88. The number of carbonyl (C=O) groups excluding carboxylic acids is 2. The molecule has 0 N–H and O–H groups in total. The summed E-state index contributed by atoms with van der Waals surface area (Å²) in [7, 11) is 0. The Labute approximate surface area is 156 Å². The van der Waals surface area contributed by atoms with E-state index in [0.29, 0.717) is 32.0 Å². The fourth-order valence-corrected chi connectivity index (χ4v) is 3.79. The Kier molecular flexibility index (Phi) is 6.53. The summed E-state index contributed by atoms with van der Waals surface area (Å²) in [5.41, 5.74) is 0. The molecule has 5 heteroatoms. The highest BCUT2D eigenvalue weighted by atomic mass is 16.5. The van der Waals surface area contributed by atoms with Gasteiger partial charge in [-0.15, -0.1) is 0 Å². The maximum atomic E-state index is 12.7. The van der Waals surface area contributed by atoms with E-state index in [2.05, 4.69) is 6.92 Å². The second-order valence-electron chi connectivity index (χ2n) is 7.57. The molecule has 1 aromatic rings. The van der Waals surface area contributed by atoms with E-state index in [0.717, 1.165) is 50.4 Å². The second-order valence-corrected chi connectivity index (χ2v) is 7.57. The van der Waals surface area contributed by atoms with Gasteiger partial charge < -0.3 is 14.5 Å². The van der Waals surface area contributed by atoms with Gasteiger partial charge in [0.05, 0.1) is 13.0 Å². The van der Waals surface area contributed by atoms with Gasteiger partial charge in [0.25, 0.3) is 0 Å². The summed E-state index contributed by atoms with van der Waals surface area (Å²) in [6.07, 6.45) is 4.19. The van der Waals surface area contributed by atoms with Crippen LogP contribution in [0, 0.1) is 11.8 Å². The van der Waals surface area contributed by atoms with Crippen molar-refractivity contribution in [1.29, 1.82) is 0 Å². The fourth-order valence-electron chi connectivity index (χ4n) is 3.79. The topological polar surface area (TPSA) is 49.9 Å². The Morgan fingerprint density at radius 2 is 1.58 bits per heavy atom. The molecule has 0 aliphatic carbocycles. The van der Waals surface area contributed by atoms with Crippen molar-refractivity contribution in [3.8, 4) is 5.75 Å². The summed E-state index contributed by atoms with van der Waals surface area (Å²) in [5.74, 6) is 2.04. The molecule has 0 spiro atoms. The van der Waals surface area contributed by atoms with Crippen molar-refractivity contribution in [2.45, 2.75) is 39.0 Å². The van der Waals surface area contributed by atoms with Gasteiger partial charge in [0.1, 0.15) is 5.75 Å². The summed E-state index contributed by atoms with van der Waals surface area (Å²) >= 11 is 0. The van der Waals surface area contributed by atoms with Crippen molar-refractivity contribution in [2.75, 3.05) is 32.8 Å². The van der Waals surface area contributed by atoms with Crippen LogP contribution in [-0.2, 0) is 9.59 Å². The molecule has 3 rings (SSSR count). The maximum absolute atomic E-state index is 12.7. The van der Waals surface area contributed by atoms with Gasteiger partial charge in [-0.25, -0.2) is 0 Å². The molecule has 142 valence electrons. The Morgan fingerprint density at radius 1 is 0.962 bits per heavy atom. The molecule has 2 aliphatic heterocycles. The van der Waals surface area contributed by atoms with Crippen molar-refractivity contribution < 1.29 is 14.3 Å². The van der Waals surface area contributed by atoms with Crippen LogP contribution < -0.4 is 4.74 Å². The van der Waals surface area contributed by atoms with E-state index in [1.54, 1.807) is 0 Å². The van der Waals surface area contributed by atoms with Crippen LogP contribution in [0.25, 0.3) is 0 Å². The Bertz CT molecular complexity index is 589. The molecule has 2 heterocycles. The van der Waals surface area contributed by atoms with Crippen molar-refractivity contribution in [3.63, 3.8) is 0 Å². The quantitative estimate of drug-likeness (QED) is 0.813. The van der Waals surface area contributed by atoms with Crippen LogP contribution in [0.15, 0.2) is 30.3 Å². The molecule has 2 amide bonds. The van der Waals surface area contributed by atoms with Gasteiger partial charge in [-0.05, 0) is 43.7 Å². The van der Waals surface area contributed by atoms with Crippen LogP contribution >= 0.6 is 0 Å². The molecular weight excluding hydrogens is 328 g/mol. The first kappa shape index (κ1) is 18.7. The predicted molar refractivity (Wildman–Crippen MR) is 101 cm³/mol. The lowest BCUT2D eigenvalue weighted by atomic mass is 9.92. The number of rotatable bonds is 5. The highest BCUT2D eigenvalue weighted by Gasteiger charge is 2.31.